The Hall–Kier alpha value is -1.56. The molecule has 1 saturated carbocycles. The minimum Gasteiger partial charge on any atom is -0.506 e. The Labute approximate surface area is 114 Å². The summed E-state index contributed by atoms with van der Waals surface area (Å²) in [5.41, 5.74) is 0.281. The summed E-state index contributed by atoms with van der Waals surface area (Å²) in [6, 6.07) is 0. The number of carbonyl (C=O) groups excluding carboxylic acids is 1. The number of hydrogen-bond acceptors (Lipinski definition) is 5. The van der Waals surface area contributed by atoms with Crippen LogP contribution in [0.2, 0.25) is 0 Å². The summed E-state index contributed by atoms with van der Waals surface area (Å²) in [7, 11) is 0. The quantitative estimate of drug-likeness (QED) is 0.834. The topological polar surface area (TPSA) is 83.8 Å². The first-order chi connectivity index (χ1) is 9.00. The van der Waals surface area contributed by atoms with E-state index in [4.69, 9.17) is 9.84 Å². The predicted octanol–water partition coefficient (Wildman–Crippen LogP) is 2.95. The van der Waals surface area contributed by atoms with Gasteiger partial charge in [-0.2, -0.15) is 0 Å². The highest BCUT2D eigenvalue weighted by atomic mass is 32.1. The third-order valence-electron chi connectivity index (χ3n) is 3.32. The maximum atomic E-state index is 12.0. The summed E-state index contributed by atoms with van der Waals surface area (Å²) in [5, 5.41) is 18.6. The van der Waals surface area contributed by atoms with E-state index in [1.807, 2.05) is 0 Å². The molecule has 104 valence electrons. The number of hydrogen-bond donors (Lipinski definition) is 2. The molecule has 0 amide bonds. The Kier molecular flexibility index (Phi) is 4.09. The summed E-state index contributed by atoms with van der Waals surface area (Å²) in [4.78, 5) is 22.9. The van der Waals surface area contributed by atoms with Crippen LogP contribution in [0, 0.1) is 6.92 Å². The third kappa shape index (κ3) is 2.89. The molecule has 1 heterocycles. The zero-order valence-corrected chi connectivity index (χ0v) is 11.5. The third-order valence-corrected chi connectivity index (χ3v) is 4.57. The second-order valence-electron chi connectivity index (χ2n) is 4.70. The highest BCUT2D eigenvalue weighted by Gasteiger charge is 2.26. The predicted molar refractivity (Wildman–Crippen MR) is 70.0 cm³/mol. The van der Waals surface area contributed by atoms with Crippen molar-refractivity contribution in [1.29, 1.82) is 0 Å². The molecule has 0 saturated heterocycles. The van der Waals surface area contributed by atoms with Gasteiger partial charge in [-0.05, 0) is 32.6 Å². The Bertz CT molecular complexity index is 499. The van der Waals surface area contributed by atoms with Crippen molar-refractivity contribution >= 4 is 23.3 Å². The molecule has 5 nitrogen and oxygen atoms in total. The SMILES string of the molecule is Cc1c(C(=O)OC2CCCCC2)sc(C(=O)O)c1O. The molecule has 1 aliphatic rings. The van der Waals surface area contributed by atoms with Gasteiger partial charge in [-0.1, -0.05) is 6.42 Å². The molecule has 6 heteroatoms. The standard InChI is InChI=1S/C13H16O5S/c1-7-9(14)11(12(15)16)19-10(7)13(17)18-8-5-3-2-4-6-8/h8,14H,2-6H2,1H3,(H,15,16). The molecule has 0 radical (unpaired) electrons. The maximum absolute atomic E-state index is 12.0. The number of thiophene rings is 1. The van der Waals surface area contributed by atoms with Gasteiger partial charge in [0.2, 0.25) is 0 Å². The summed E-state index contributed by atoms with van der Waals surface area (Å²) in [6.07, 6.45) is 4.89. The van der Waals surface area contributed by atoms with Crippen LogP contribution in [-0.2, 0) is 4.74 Å². The molecule has 0 aliphatic heterocycles. The smallest absolute Gasteiger partial charge is 0.349 e. The van der Waals surface area contributed by atoms with Gasteiger partial charge in [-0.15, -0.1) is 11.3 Å². The van der Waals surface area contributed by atoms with Crippen molar-refractivity contribution in [3.05, 3.63) is 15.3 Å². The lowest BCUT2D eigenvalue weighted by Gasteiger charge is -2.21. The van der Waals surface area contributed by atoms with Crippen LogP contribution in [0.15, 0.2) is 0 Å². The number of aromatic hydroxyl groups is 1. The largest absolute Gasteiger partial charge is 0.506 e. The fourth-order valence-electron chi connectivity index (χ4n) is 2.23. The lowest BCUT2D eigenvalue weighted by atomic mass is 9.98. The van der Waals surface area contributed by atoms with E-state index in [9.17, 15) is 14.7 Å². The average Bonchev–Trinajstić information content (AvgIpc) is 2.68. The van der Waals surface area contributed by atoms with Crippen LogP contribution in [0.25, 0.3) is 0 Å². The van der Waals surface area contributed by atoms with E-state index >= 15 is 0 Å². The van der Waals surface area contributed by atoms with E-state index in [2.05, 4.69) is 0 Å². The van der Waals surface area contributed by atoms with Crippen molar-refractivity contribution in [3.63, 3.8) is 0 Å². The number of carboxylic acid groups (broad SMARTS) is 1. The zero-order chi connectivity index (χ0) is 14.0. The molecule has 0 aromatic carbocycles. The number of carbonyl (C=O) groups is 2. The van der Waals surface area contributed by atoms with Crippen molar-refractivity contribution in [2.75, 3.05) is 0 Å². The normalized spacial score (nSPS) is 16.3. The van der Waals surface area contributed by atoms with Crippen LogP contribution >= 0.6 is 11.3 Å². The molecule has 1 aromatic rings. The molecular weight excluding hydrogens is 268 g/mol. The molecule has 19 heavy (non-hydrogen) atoms. The average molecular weight is 284 g/mol. The van der Waals surface area contributed by atoms with Gasteiger partial charge in [0, 0.05) is 5.56 Å². The van der Waals surface area contributed by atoms with E-state index in [0.29, 0.717) is 0 Å². The summed E-state index contributed by atoms with van der Waals surface area (Å²) in [6.45, 7) is 1.52. The molecule has 0 bridgehead atoms. The first kappa shape index (κ1) is 13.9. The summed E-state index contributed by atoms with van der Waals surface area (Å²) < 4.78 is 5.37. The molecule has 0 spiro atoms. The summed E-state index contributed by atoms with van der Waals surface area (Å²) >= 11 is 0.767. The maximum Gasteiger partial charge on any atom is 0.349 e. The lowest BCUT2D eigenvalue weighted by Crippen LogP contribution is -2.20. The van der Waals surface area contributed by atoms with Gasteiger partial charge in [0.25, 0.3) is 0 Å². The van der Waals surface area contributed by atoms with Crippen LogP contribution in [0.3, 0.4) is 0 Å². The van der Waals surface area contributed by atoms with Crippen molar-refractivity contribution in [3.8, 4) is 5.75 Å². The van der Waals surface area contributed by atoms with Gasteiger partial charge in [0.15, 0.2) is 4.88 Å². The zero-order valence-electron chi connectivity index (χ0n) is 10.6. The van der Waals surface area contributed by atoms with Gasteiger partial charge in [-0.25, -0.2) is 9.59 Å². The monoisotopic (exact) mass is 284 g/mol. The molecule has 1 fully saturated rings. The Morgan fingerprint density at radius 3 is 2.37 bits per heavy atom. The number of rotatable bonds is 3. The van der Waals surface area contributed by atoms with E-state index in [1.165, 1.54) is 6.92 Å². The molecule has 1 aromatic heterocycles. The van der Waals surface area contributed by atoms with Crippen LogP contribution in [-0.4, -0.2) is 28.3 Å². The highest BCUT2D eigenvalue weighted by molar-refractivity contribution is 7.16. The minimum atomic E-state index is -1.23. The Morgan fingerprint density at radius 1 is 1.21 bits per heavy atom. The number of carboxylic acids is 1. The van der Waals surface area contributed by atoms with Crippen molar-refractivity contribution in [2.24, 2.45) is 0 Å². The van der Waals surface area contributed by atoms with Gasteiger partial charge in [0.1, 0.15) is 16.7 Å². The van der Waals surface area contributed by atoms with Gasteiger partial charge >= 0.3 is 11.9 Å². The molecule has 2 N–H and O–H groups in total. The van der Waals surface area contributed by atoms with Crippen molar-refractivity contribution in [1.82, 2.24) is 0 Å². The van der Waals surface area contributed by atoms with E-state index in [1.54, 1.807) is 0 Å². The molecule has 0 atom stereocenters. The summed E-state index contributed by atoms with van der Waals surface area (Å²) in [5.74, 6) is -2.10. The Balaban J connectivity index is 2.14. The Morgan fingerprint density at radius 2 is 1.84 bits per heavy atom. The second-order valence-corrected chi connectivity index (χ2v) is 5.73. The molecule has 1 aliphatic carbocycles. The molecular formula is C13H16O5S. The fraction of sp³-hybridized carbons (Fsp3) is 0.538. The highest BCUT2D eigenvalue weighted by Crippen LogP contribution is 2.35. The molecule has 2 rings (SSSR count). The second kappa shape index (κ2) is 5.61. The van der Waals surface area contributed by atoms with E-state index in [0.717, 1.165) is 43.4 Å². The lowest BCUT2D eigenvalue weighted by molar-refractivity contribution is 0.0215. The van der Waals surface area contributed by atoms with Crippen molar-refractivity contribution < 1.29 is 24.5 Å². The molecule has 0 unspecified atom stereocenters. The van der Waals surface area contributed by atoms with Gasteiger partial charge < -0.3 is 14.9 Å². The number of aromatic carboxylic acids is 1. The van der Waals surface area contributed by atoms with Crippen LogP contribution in [0.1, 0.15) is 57.0 Å². The minimum absolute atomic E-state index is 0.0850. The van der Waals surface area contributed by atoms with Crippen LogP contribution < -0.4 is 0 Å². The van der Waals surface area contributed by atoms with Gasteiger partial charge in [-0.3, -0.25) is 0 Å². The first-order valence-corrected chi connectivity index (χ1v) is 7.09. The van der Waals surface area contributed by atoms with Gasteiger partial charge in [0.05, 0.1) is 0 Å². The van der Waals surface area contributed by atoms with E-state index < -0.39 is 11.9 Å². The number of esters is 1. The van der Waals surface area contributed by atoms with Crippen LogP contribution in [0.5, 0.6) is 5.75 Å². The van der Waals surface area contributed by atoms with Crippen LogP contribution in [0.4, 0.5) is 0 Å². The number of ether oxygens (including phenoxy) is 1. The first-order valence-electron chi connectivity index (χ1n) is 6.27. The van der Waals surface area contributed by atoms with Crippen molar-refractivity contribution in [2.45, 2.75) is 45.1 Å². The van der Waals surface area contributed by atoms with E-state index in [-0.39, 0.29) is 27.2 Å². The fourth-order valence-corrected chi connectivity index (χ4v) is 3.15.